The van der Waals surface area contributed by atoms with E-state index < -0.39 is 6.10 Å². The van der Waals surface area contributed by atoms with Crippen LogP contribution in [0.4, 0.5) is 0 Å². The van der Waals surface area contributed by atoms with Crippen LogP contribution in [0.5, 0.6) is 17.2 Å². The van der Waals surface area contributed by atoms with Crippen LogP contribution in [0.15, 0.2) is 42.5 Å². The molecule has 0 aliphatic carbocycles. The summed E-state index contributed by atoms with van der Waals surface area (Å²) in [5.74, 6) is 0.711. The Morgan fingerprint density at radius 1 is 1.04 bits per heavy atom. The summed E-state index contributed by atoms with van der Waals surface area (Å²) in [6.45, 7) is 2.44. The van der Waals surface area contributed by atoms with Gasteiger partial charge in [-0.05, 0) is 48.2 Å². The van der Waals surface area contributed by atoms with Gasteiger partial charge in [0.15, 0.2) is 0 Å². The van der Waals surface area contributed by atoms with Gasteiger partial charge in [0, 0.05) is 18.7 Å². The molecule has 0 fully saturated rings. The minimum absolute atomic E-state index is 0.0608. The summed E-state index contributed by atoms with van der Waals surface area (Å²) in [4.78, 5) is 0. The van der Waals surface area contributed by atoms with Gasteiger partial charge in [0.25, 0.3) is 0 Å². The van der Waals surface area contributed by atoms with E-state index in [0.29, 0.717) is 12.1 Å². The third kappa shape index (κ3) is 5.15. The molecule has 0 unspecified atom stereocenters. The summed E-state index contributed by atoms with van der Waals surface area (Å²) in [6.07, 6.45) is 0.968. The van der Waals surface area contributed by atoms with Gasteiger partial charge in [-0.25, -0.2) is 0 Å². The lowest BCUT2D eigenvalue weighted by Gasteiger charge is -2.20. The van der Waals surface area contributed by atoms with Crippen molar-refractivity contribution in [1.82, 2.24) is 5.32 Å². The number of aliphatic hydroxyl groups is 1. The second-order valence-electron chi connectivity index (χ2n) is 5.86. The lowest BCUT2D eigenvalue weighted by molar-refractivity contribution is 0.168. The minimum Gasteiger partial charge on any atom is -0.508 e. The van der Waals surface area contributed by atoms with Crippen LogP contribution >= 0.6 is 0 Å². The number of benzene rings is 2. The molecular weight excluding hydrogens is 306 g/mol. The number of hydrogen-bond donors (Lipinski definition) is 4. The number of aliphatic hydroxyl groups excluding tert-OH is 1. The Kier molecular flexibility index (Phi) is 6.46. The van der Waals surface area contributed by atoms with E-state index in [2.05, 4.69) is 12.2 Å². The molecule has 0 aromatic heterocycles. The molecule has 2 aromatic rings. The molecule has 0 saturated heterocycles. The van der Waals surface area contributed by atoms with Crippen molar-refractivity contribution < 1.29 is 20.1 Å². The Balaban J connectivity index is 1.92. The fourth-order valence-corrected chi connectivity index (χ4v) is 2.61. The van der Waals surface area contributed by atoms with E-state index in [0.717, 1.165) is 18.6 Å². The molecule has 5 heteroatoms. The van der Waals surface area contributed by atoms with Gasteiger partial charge in [-0.15, -0.1) is 0 Å². The largest absolute Gasteiger partial charge is 0.508 e. The molecule has 0 radical (unpaired) electrons. The monoisotopic (exact) mass is 331 g/mol. The number of hydrogen-bond acceptors (Lipinski definition) is 5. The maximum absolute atomic E-state index is 10.2. The molecule has 5 nitrogen and oxygen atoms in total. The average Bonchev–Trinajstić information content (AvgIpc) is 2.58. The van der Waals surface area contributed by atoms with Crippen molar-refractivity contribution >= 4 is 0 Å². The van der Waals surface area contributed by atoms with E-state index in [1.165, 1.54) is 23.8 Å². The van der Waals surface area contributed by atoms with Gasteiger partial charge in [0.1, 0.15) is 17.2 Å². The van der Waals surface area contributed by atoms with Crippen LogP contribution in [0.25, 0.3) is 0 Å². The lowest BCUT2D eigenvalue weighted by Crippen LogP contribution is -2.34. The maximum atomic E-state index is 10.2. The topological polar surface area (TPSA) is 82.0 Å². The standard InChI is InChI=1S/C19H25NO4/c1-3-15(8-13-4-6-18(24-2)7-5-13)20-12-19(23)14-9-16(21)11-17(22)10-14/h4-7,9-11,15,19-23H,3,8,12H2,1-2H3/t15-,19+/m1/s1. The van der Waals surface area contributed by atoms with Gasteiger partial charge in [0.05, 0.1) is 13.2 Å². The number of ether oxygens (including phenoxy) is 1. The van der Waals surface area contributed by atoms with Crippen LogP contribution in [0.1, 0.15) is 30.6 Å². The first-order chi connectivity index (χ1) is 11.5. The molecule has 0 amide bonds. The molecule has 0 aliphatic rings. The van der Waals surface area contributed by atoms with Gasteiger partial charge in [-0.2, -0.15) is 0 Å². The Hall–Kier alpha value is -2.24. The van der Waals surface area contributed by atoms with Crippen LogP contribution < -0.4 is 10.1 Å². The molecule has 4 N–H and O–H groups in total. The lowest BCUT2D eigenvalue weighted by atomic mass is 10.0. The third-order valence-electron chi connectivity index (χ3n) is 4.04. The van der Waals surface area contributed by atoms with E-state index in [1.54, 1.807) is 7.11 Å². The van der Waals surface area contributed by atoms with Gasteiger partial charge < -0.3 is 25.4 Å². The molecule has 0 bridgehead atoms. The number of methoxy groups -OCH3 is 1. The van der Waals surface area contributed by atoms with Crippen molar-refractivity contribution in [2.75, 3.05) is 13.7 Å². The summed E-state index contributed by atoms with van der Waals surface area (Å²) < 4.78 is 5.16. The normalized spacial score (nSPS) is 13.5. The molecule has 130 valence electrons. The predicted molar refractivity (Wildman–Crippen MR) is 93.5 cm³/mol. The Labute approximate surface area is 142 Å². The zero-order valence-electron chi connectivity index (χ0n) is 14.1. The van der Waals surface area contributed by atoms with E-state index >= 15 is 0 Å². The highest BCUT2D eigenvalue weighted by Gasteiger charge is 2.13. The van der Waals surface area contributed by atoms with E-state index in [9.17, 15) is 15.3 Å². The highest BCUT2D eigenvalue weighted by molar-refractivity contribution is 5.37. The molecule has 0 heterocycles. The number of phenols is 2. The van der Waals surface area contributed by atoms with Gasteiger partial charge in [0.2, 0.25) is 0 Å². The zero-order chi connectivity index (χ0) is 17.5. The summed E-state index contributed by atoms with van der Waals surface area (Å²) in [6, 6.07) is 12.3. The first-order valence-corrected chi connectivity index (χ1v) is 8.09. The van der Waals surface area contributed by atoms with Crippen molar-refractivity contribution in [2.45, 2.75) is 31.9 Å². The third-order valence-corrected chi connectivity index (χ3v) is 4.04. The Morgan fingerprint density at radius 2 is 1.67 bits per heavy atom. The van der Waals surface area contributed by atoms with Crippen LogP contribution in [-0.4, -0.2) is 35.0 Å². The molecule has 24 heavy (non-hydrogen) atoms. The van der Waals surface area contributed by atoms with Crippen LogP contribution in [0, 0.1) is 0 Å². The van der Waals surface area contributed by atoms with E-state index in [1.807, 2.05) is 24.3 Å². The molecule has 0 saturated carbocycles. The van der Waals surface area contributed by atoms with Gasteiger partial charge in [-0.3, -0.25) is 0 Å². The molecule has 2 atom stereocenters. The Morgan fingerprint density at radius 3 is 2.21 bits per heavy atom. The maximum Gasteiger partial charge on any atom is 0.119 e. The fourth-order valence-electron chi connectivity index (χ4n) is 2.61. The molecule has 2 rings (SSSR count). The van der Waals surface area contributed by atoms with E-state index in [-0.39, 0.29) is 17.5 Å². The zero-order valence-corrected chi connectivity index (χ0v) is 14.1. The average molecular weight is 331 g/mol. The van der Waals surface area contributed by atoms with Crippen molar-refractivity contribution in [3.63, 3.8) is 0 Å². The molecular formula is C19H25NO4. The fraction of sp³-hybridized carbons (Fsp3) is 0.368. The van der Waals surface area contributed by atoms with Crippen molar-refractivity contribution in [3.05, 3.63) is 53.6 Å². The highest BCUT2D eigenvalue weighted by atomic mass is 16.5. The smallest absolute Gasteiger partial charge is 0.119 e. The first kappa shape index (κ1) is 18.1. The van der Waals surface area contributed by atoms with Crippen molar-refractivity contribution in [2.24, 2.45) is 0 Å². The van der Waals surface area contributed by atoms with Gasteiger partial charge >= 0.3 is 0 Å². The molecule has 0 aliphatic heterocycles. The quantitative estimate of drug-likeness (QED) is 0.598. The second kappa shape index (κ2) is 8.57. The Bertz CT molecular complexity index is 622. The van der Waals surface area contributed by atoms with E-state index in [4.69, 9.17) is 4.74 Å². The number of aromatic hydroxyl groups is 2. The number of rotatable bonds is 8. The number of phenolic OH excluding ortho intramolecular Hbond substituents is 2. The van der Waals surface area contributed by atoms with Crippen molar-refractivity contribution in [1.29, 1.82) is 0 Å². The van der Waals surface area contributed by atoms with Gasteiger partial charge in [-0.1, -0.05) is 19.1 Å². The SMILES string of the molecule is CC[C@H](Cc1ccc(OC)cc1)NC[C@H](O)c1cc(O)cc(O)c1. The summed E-state index contributed by atoms with van der Waals surface area (Å²) in [7, 11) is 1.64. The molecule has 0 spiro atoms. The van der Waals surface area contributed by atoms with Crippen molar-refractivity contribution in [3.8, 4) is 17.2 Å². The summed E-state index contributed by atoms with van der Waals surface area (Å²) >= 11 is 0. The number of nitrogens with one attached hydrogen (secondary N) is 1. The summed E-state index contributed by atoms with van der Waals surface area (Å²) in [5.41, 5.74) is 1.68. The minimum atomic E-state index is -0.798. The first-order valence-electron chi connectivity index (χ1n) is 8.09. The van der Waals surface area contributed by atoms with Crippen LogP contribution in [0.3, 0.4) is 0 Å². The highest BCUT2D eigenvalue weighted by Crippen LogP contribution is 2.24. The van der Waals surface area contributed by atoms with Crippen LogP contribution in [-0.2, 0) is 6.42 Å². The predicted octanol–water partition coefficient (Wildman–Crippen LogP) is 2.75. The second-order valence-corrected chi connectivity index (χ2v) is 5.86. The molecule has 2 aromatic carbocycles. The summed E-state index contributed by atoms with van der Waals surface area (Å²) in [5, 5.41) is 32.6. The van der Waals surface area contributed by atoms with Crippen LogP contribution in [0.2, 0.25) is 0 Å².